The molecule has 0 radical (unpaired) electrons. The summed E-state index contributed by atoms with van der Waals surface area (Å²) in [5.41, 5.74) is 13.0. The van der Waals surface area contributed by atoms with Gasteiger partial charge in [-0.2, -0.15) is 0 Å². The molecule has 0 atom stereocenters. The second-order valence-electron chi connectivity index (χ2n) is 16.1. The lowest BCUT2D eigenvalue weighted by molar-refractivity contribution is 0.669. The third kappa shape index (κ3) is 5.37. The summed E-state index contributed by atoms with van der Waals surface area (Å²) in [4.78, 5) is 2.43. The van der Waals surface area contributed by atoms with Gasteiger partial charge in [0.25, 0.3) is 0 Å². The van der Waals surface area contributed by atoms with E-state index in [1.807, 2.05) is 11.3 Å². The van der Waals surface area contributed by atoms with E-state index in [0.717, 1.165) is 55.7 Å². The van der Waals surface area contributed by atoms with Crippen molar-refractivity contribution in [2.24, 2.45) is 0 Å². The minimum Gasteiger partial charge on any atom is -0.456 e. The Morgan fingerprint density at radius 2 is 1.06 bits per heavy atom. The molecule has 10 aromatic carbocycles. The van der Waals surface area contributed by atoms with Gasteiger partial charge >= 0.3 is 0 Å². The second kappa shape index (κ2) is 13.8. The highest BCUT2D eigenvalue weighted by atomic mass is 32.1. The number of benzene rings is 10. The van der Waals surface area contributed by atoms with Crippen molar-refractivity contribution in [3.63, 3.8) is 0 Å². The molecule has 0 aliphatic heterocycles. The summed E-state index contributed by atoms with van der Waals surface area (Å²) < 4.78 is 11.9. The van der Waals surface area contributed by atoms with E-state index in [1.165, 1.54) is 64.0 Å². The molecule has 290 valence electrons. The maximum absolute atomic E-state index is 6.83. The van der Waals surface area contributed by atoms with E-state index in [1.54, 1.807) is 0 Å². The first-order chi connectivity index (χ1) is 30.7. The van der Waals surface area contributed by atoms with Gasteiger partial charge in [0.1, 0.15) is 11.2 Å². The van der Waals surface area contributed by atoms with Gasteiger partial charge in [0.15, 0.2) is 0 Å². The van der Waals surface area contributed by atoms with Gasteiger partial charge in [-0.15, -0.1) is 11.3 Å². The van der Waals surface area contributed by atoms with Crippen LogP contribution >= 0.6 is 11.3 Å². The number of hydrogen-bond acceptors (Lipinski definition) is 3. The minimum atomic E-state index is 0.870. The molecule has 3 heterocycles. The quantitative estimate of drug-likeness (QED) is 0.167. The fourth-order valence-corrected chi connectivity index (χ4v) is 10.9. The van der Waals surface area contributed by atoms with Crippen molar-refractivity contribution in [3.8, 4) is 27.9 Å². The third-order valence-electron chi connectivity index (χ3n) is 12.5. The predicted molar refractivity (Wildman–Crippen MR) is 264 cm³/mol. The zero-order valence-electron chi connectivity index (χ0n) is 33.5. The van der Waals surface area contributed by atoms with Crippen LogP contribution in [0.2, 0.25) is 0 Å². The summed E-state index contributed by atoms with van der Waals surface area (Å²) in [5, 5.41) is 9.60. The van der Waals surface area contributed by atoms with Gasteiger partial charge in [0.05, 0.1) is 16.7 Å². The highest BCUT2D eigenvalue weighted by Crippen LogP contribution is 2.50. The fraction of sp³-hybridized carbons (Fsp3) is 0. The van der Waals surface area contributed by atoms with Crippen molar-refractivity contribution in [2.75, 3.05) is 4.90 Å². The van der Waals surface area contributed by atoms with Crippen molar-refractivity contribution < 1.29 is 4.42 Å². The molecule has 0 saturated heterocycles. The molecule has 4 heteroatoms. The average molecular weight is 809 g/mol. The molecule has 62 heavy (non-hydrogen) atoms. The Morgan fingerprint density at radius 3 is 1.92 bits per heavy atom. The molecule has 0 spiro atoms. The number of aromatic nitrogens is 1. The van der Waals surface area contributed by atoms with E-state index in [-0.39, 0.29) is 0 Å². The van der Waals surface area contributed by atoms with Crippen molar-refractivity contribution in [1.29, 1.82) is 0 Å². The van der Waals surface area contributed by atoms with Crippen LogP contribution in [-0.2, 0) is 0 Å². The summed E-state index contributed by atoms with van der Waals surface area (Å²) in [5.74, 6) is 0. The van der Waals surface area contributed by atoms with Crippen LogP contribution in [0.4, 0.5) is 17.1 Å². The molecule has 0 N–H and O–H groups in total. The molecule has 0 aliphatic rings. The normalized spacial score (nSPS) is 11.9. The highest BCUT2D eigenvalue weighted by molar-refractivity contribution is 7.25. The Bertz CT molecular complexity index is 3860. The zero-order valence-corrected chi connectivity index (χ0v) is 34.3. The molecule has 13 aromatic rings. The number of furan rings is 1. The summed E-state index contributed by atoms with van der Waals surface area (Å²) in [6, 6.07) is 79.2. The van der Waals surface area contributed by atoms with Gasteiger partial charge in [0, 0.05) is 70.4 Å². The number of anilines is 3. The summed E-state index contributed by atoms with van der Waals surface area (Å²) in [7, 11) is 0. The van der Waals surface area contributed by atoms with E-state index in [0.29, 0.717) is 0 Å². The van der Waals surface area contributed by atoms with Crippen molar-refractivity contribution in [1.82, 2.24) is 4.57 Å². The molecule has 0 aliphatic carbocycles. The van der Waals surface area contributed by atoms with Crippen LogP contribution in [-0.4, -0.2) is 4.57 Å². The lowest BCUT2D eigenvalue weighted by Gasteiger charge is -2.27. The Kier molecular flexibility index (Phi) is 7.78. The number of rotatable bonds is 6. The van der Waals surface area contributed by atoms with Crippen LogP contribution in [0.1, 0.15) is 0 Å². The number of fused-ring (bicyclic) bond motifs is 10. The molecular weight excluding hydrogens is 773 g/mol. The Hall–Kier alpha value is -7.92. The first kappa shape index (κ1) is 34.9. The maximum Gasteiger partial charge on any atom is 0.138 e. The standard InChI is InChI=1S/C58H36N2OS/c1-3-14-37(15-4-1)39-26-30-43(31-27-39)59(44-32-28-38-16-7-8-17-40(38)34-44)49-23-13-22-48-56-50(60(58(48)49)42-18-5-2-6-19-42)36-52-57(47-21-9-11-24-51(47)61-52)55(56)41-29-33-46-45-20-10-12-25-53(45)62-54(46)35-41/h1-36H. The fourth-order valence-electron chi connectivity index (χ4n) is 9.78. The topological polar surface area (TPSA) is 21.3 Å². The van der Waals surface area contributed by atoms with E-state index < -0.39 is 0 Å². The zero-order chi connectivity index (χ0) is 40.7. The molecular formula is C58H36N2OS. The van der Waals surface area contributed by atoms with Crippen LogP contribution in [0.5, 0.6) is 0 Å². The van der Waals surface area contributed by atoms with Crippen LogP contribution in [0.3, 0.4) is 0 Å². The SMILES string of the molecule is c1ccc(-c2ccc(N(c3ccc4ccccc4c3)c3cccc4c5c(-c6ccc7c(c6)sc6ccccc67)c6c(cc5n(-c5ccccc5)c34)oc3ccccc36)cc2)cc1. The molecule has 0 bridgehead atoms. The molecule has 0 saturated carbocycles. The first-order valence-electron chi connectivity index (χ1n) is 21.1. The van der Waals surface area contributed by atoms with Gasteiger partial charge in [-0.3, -0.25) is 0 Å². The number of nitrogens with zero attached hydrogens (tertiary/aromatic N) is 2. The van der Waals surface area contributed by atoms with Gasteiger partial charge in [0.2, 0.25) is 0 Å². The van der Waals surface area contributed by atoms with Crippen LogP contribution in [0, 0.1) is 0 Å². The Labute approximate surface area is 361 Å². The summed E-state index contributed by atoms with van der Waals surface area (Å²) >= 11 is 1.86. The summed E-state index contributed by atoms with van der Waals surface area (Å²) in [6.07, 6.45) is 0. The minimum absolute atomic E-state index is 0.870. The smallest absolute Gasteiger partial charge is 0.138 e. The van der Waals surface area contributed by atoms with Gasteiger partial charge < -0.3 is 13.9 Å². The van der Waals surface area contributed by atoms with Crippen molar-refractivity contribution >= 4 is 103 Å². The average Bonchev–Trinajstić information content (AvgIpc) is 4.01. The molecule has 0 unspecified atom stereocenters. The van der Waals surface area contributed by atoms with Gasteiger partial charge in [-0.1, -0.05) is 152 Å². The first-order valence-corrected chi connectivity index (χ1v) is 21.9. The van der Waals surface area contributed by atoms with E-state index >= 15 is 0 Å². The molecule has 13 rings (SSSR count). The Balaban J connectivity index is 1.16. The largest absolute Gasteiger partial charge is 0.456 e. The van der Waals surface area contributed by atoms with Gasteiger partial charge in [-0.25, -0.2) is 0 Å². The predicted octanol–water partition coefficient (Wildman–Crippen LogP) is 17.0. The van der Waals surface area contributed by atoms with Crippen LogP contribution in [0.25, 0.3) is 103 Å². The van der Waals surface area contributed by atoms with E-state index in [2.05, 4.69) is 228 Å². The molecule has 3 aromatic heterocycles. The molecule has 3 nitrogen and oxygen atoms in total. The molecule has 0 amide bonds. The lowest BCUT2D eigenvalue weighted by Crippen LogP contribution is -2.11. The lowest BCUT2D eigenvalue weighted by atomic mass is 9.93. The van der Waals surface area contributed by atoms with Crippen molar-refractivity contribution in [2.45, 2.75) is 0 Å². The van der Waals surface area contributed by atoms with Crippen LogP contribution < -0.4 is 4.90 Å². The van der Waals surface area contributed by atoms with Crippen LogP contribution in [0.15, 0.2) is 223 Å². The van der Waals surface area contributed by atoms with E-state index in [4.69, 9.17) is 4.42 Å². The monoisotopic (exact) mass is 808 g/mol. The van der Waals surface area contributed by atoms with Crippen molar-refractivity contribution in [3.05, 3.63) is 218 Å². The molecule has 0 fully saturated rings. The second-order valence-corrected chi connectivity index (χ2v) is 17.1. The number of hydrogen-bond donors (Lipinski definition) is 0. The number of para-hydroxylation sites is 3. The Morgan fingerprint density at radius 1 is 0.403 bits per heavy atom. The summed E-state index contributed by atoms with van der Waals surface area (Å²) in [6.45, 7) is 0. The van der Waals surface area contributed by atoms with E-state index in [9.17, 15) is 0 Å². The maximum atomic E-state index is 6.83. The number of thiophene rings is 1. The highest BCUT2D eigenvalue weighted by Gasteiger charge is 2.27. The third-order valence-corrected chi connectivity index (χ3v) is 13.7. The van der Waals surface area contributed by atoms with Gasteiger partial charge in [-0.05, 0) is 88.1 Å².